The predicted molar refractivity (Wildman–Crippen MR) is 143 cm³/mol. The van der Waals surface area contributed by atoms with Crippen LogP contribution in [0.2, 0.25) is 0 Å². The first kappa shape index (κ1) is 24.0. The SMILES string of the molecule is Cc1ccc(S(=O)(=O)n2c(=O)n(-c3ccc(C(C)(C)C#N)cc3)c3c4cc(Br)ccc4ncc32)cc1. The summed E-state index contributed by atoms with van der Waals surface area (Å²) in [6.45, 7) is 5.48. The van der Waals surface area contributed by atoms with Crippen LogP contribution in [-0.2, 0) is 15.4 Å². The number of hydrogen-bond acceptors (Lipinski definition) is 5. The van der Waals surface area contributed by atoms with Crippen LogP contribution in [0.3, 0.4) is 0 Å². The number of aryl methyl sites for hydroxylation is 1. The van der Waals surface area contributed by atoms with Crippen LogP contribution in [0.25, 0.3) is 27.6 Å². The second-order valence-electron chi connectivity index (χ2n) is 9.14. The van der Waals surface area contributed by atoms with Gasteiger partial charge in [0.1, 0.15) is 5.52 Å². The minimum absolute atomic E-state index is 0.00899. The zero-order chi connectivity index (χ0) is 25.8. The van der Waals surface area contributed by atoms with E-state index >= 15 is 0 Å². The lowest BCUT2D eigenvalue weighted by Crippen LogP contribution is -2.29. The fourth-order valence-electron chi connectivity index (χ4n) is 4.19. The number of halogens is 1. The quantitative estimate of drug-likeness (QED) is 0.291. The van der Waals surface area contributed by atoms with Gasteiger partial charge in [-0.3, -0.25) is 9.55 Å². The topological polar surface area (TPSA) is 97.8 Å². The number of imidazole rings is 1. The van der Waals surface area contributed by atoms with Gasteiger partial charge in [0.25, 0.3) is 10.0 Å². The molecular weight excluding hydrogens is 540 g/mol. The van der Waals surface area contributed by atoms with Crippen molar-refractivity contribution in [3.05, 3.63) is 99.0 Å². The molecule has 0 radical (unpaired) electrons. The van der Waals surface area contributed by atoms with E-state index in [9.17, 15) is 18.5 Å². The Hall–Kier alpha value is -3.74. The Morgan fingerprint density at radius 1 is 1.00 bits per heavy atom. The van der Waals surface area contributed by atoms with Gasteiger partial charge in [-0.2, -0.15) is 9.23 Å². The molecule has 0 bridgehead atoms. The second kappa shape index (κ2) is 8.43. The minimum Gasteiger partial charge on any atom is -0.259 e. The van der Waals surface area contributed by atoms with Crippen LogP contribution in [0.4, 0.5) is 0 Å². The van der Waals surface area contributed by atoms with Crippen molar-refractivity contribution in [3.63, 3.8) is 0 Å². The highest BCUT2D eigenvalue weighted by molar-refractivity contribution is 9.10. The lowest BCUT2D eigenvalue weighted by atomic mass is 9.86. The van der Waals surface area contributed by atoms with Gasteiger partial charge in [0.2, 0.25) is 0 Å². The molecule has 2 heterocycles. The monoisotopic (exact) mass is 560 g/mol. The van der Waals surface area contributed by atoms with Crippen LogP contribution in [0.15, 0.2) is 87.1 Å². The maximum absolute atomic E-state index is 13.9. The summed E-state index contributed by atoms with van der Waals surface area (Å²) in [5, 5.41) is 10.1. The van der Waals surface area contributed by atoms with Gasteiger partial charge in [-0.25, -0.2) is 13.2 Å². The van der Waals surface area contributed by atoms with Crippen LogP contribution in [0.1, 0.15) is 25.0 Å². The fraction of sp³-hybridized carbons (Fsp3) is 0.148. The van der Waals surface area contributed by atoms with Crippen molar-refractivity contribution in [3.8, 4) is 11.8 Å². The van der Waals surface area contributed by atoms with Gasteiger partial charge in [0.15, 0.2) is 0 Å². The molecule has 0 atom stereocenters. The number of aromatic nitrogens is 3. The summed E-state index contributed by atoms with van der Waals surface area (Å²) in [6.07, 6.45) is 1.42. The molecule has 0 unspecified atom stereocenters. The zero-order valence-electron chi connectivity index (χ0n) is 19.7. The molecule has 0 amide bonds. The molecule has 0 saturated heterocycles. The zero-order valence-corrected chi connectivity index (χ0v) is 22.1. The maximum Gasteiger partial charge on any atom is 0.348 e. The highest BCUT2D eigenvalue weighted by atomic mass is 79.9. The standard InChI is InChI=1S/C27H21BrN4O3S/c1-17-4-11-21(12-5-17)36(34,35)32-24-15-30-23-13-8-19(28)14-22(23)25(24)31(26(32)33)20-9-6-18(7-10-20)27(2,3)16-29/h4-15H,1-3H3. The molecule has 5 aromatic rings. The van der Waals surface area contributed by atoms with Crippen molar-refractivity contribution in [2.75, 3.05) is 0 Å². The Kier molecular flexibility index (Phi) is 5.62. The molecule has 7 nitrogen and oxygen atoms in total. The third kappa shape index (κ3) is 3.74. The number of hydrogen-bond donors (Lipinski definition) is 0. The molecule has 5 rings (SSSR count). The van der Waals surface area contributed by atoms with Crippen LogP contribution in [-0.4, -0.2) is 21.9 Å². The summed E-state index contributed by atoms with van der Waals surface area (Å²) in [5.74, 6) is 0. The summed E-state index contributed by atoms with van der Waals surface area (Å²) in [5.41, 5.74) is 1.94. The van der Waals surface area contributed by atoms with E-state index in [2.05, 4.69) is 27.0 Å². The van der Waals surface area contributed by atoms with E-state index in [1.165, 1.54) is 22.9 Å². The molecule has 9 heteroatoms. The first-order valence-corrected chi connectivity index (χ1v) is 13.3. The molecule has 0 aliphatic heterocycles. The van der Waals surface area contributed by atoms with Gasteiger partial charge in [0, 0.05) is 9.86 Å². The fourth-order valence-corrected chi connectivity index (χ4v) is 5.92. The van der Waals surface area contributed by atoms with Crippen molar-refractivity contribution >= 4 is 47.9 Å². The van der Waals surface area contributed by atoms with Gasteiger partial charge >= 0.3 is 5.69 Å². The van der Waals surface area contributed by atoms with E-state index in [1.54, 1.807) is 42.5 Å². The Bertz CT molecular complexity index is 1860. The summed E-state index contributed by atoms with van der Waals surface area (Å²) < 4.78 is 30.4. The highest BCUT2D eigenvalue weighted by Gasteiger charge is 2.28. The Balaban J connectivity index is 1.88. The molecule has 0 N–H and O–H groups in total. The highest BCUT2D eigenvalue weighted by Crippen LogP contribution is 2.31. The van der Waals surface area contributed by atoms with E-state index in [0.717, 1.165) is 19.6 Å². The van der Waals surface area contributed by atoms with Crippen molar-refractivity contribution in [1.82, 2.24) is 13.5 Å². The van der Waals surface area contributed by atoms with Crippen LogP contribution < -0.4 is 5.69 Å². The molecular formula is C27H21BrN4O3S. The van der Waals surface area contributed by atoms with Crippen molar-refractivity contribution in [2.45, 2.75) is 31.1 Å². The van der Waals surface area contributed by atoms with Gasteiger partial charge in [-0.15, -0.1) is 0 Å². The average Bonchev–Trinajstić information content (AvgIpc) is 3.17. The van der Waals surface area contributed by atoms with Crippen molar-refractivity contribution in [2.24, 2.45) is 0 Å². The predicted octanol–water partition coefficient (Wildman–Crippen LogP) is 5.45. The van der Waals surface area contributed by atoms with Crippen LogP contribution >= 0.6 is 15.9 Å². The smallest absolute Gasteiger partial charge is 0.259 e. The van der Waals surface area contributed by atoms with Gasteiger partial charge in [-0.05, 0) is 68.8 Å². The molecule has 0 saturated carbocycles. The van der Waals surface area contributed by atoms with E-state index < -0.39 is 21.1 Å². The molecule has 0 fully saturated rings. The molecule has 0 aliphatic rings. The van der Waals surface area contributed by atoms with Crippen LogP contribution in [0.5, 0.6) is 0 Å². The Morgan fingerprint density at radius 3 is 2.31 bits per heavy atom. The molecule has 3 aromatic carbocycles. The Labute approximate surface area is 216 Å². The first-order chi connectivity index (χ1) is 17.0. The number of rotatable bonds is 4. The van der Waals surface area contributed by atoms with Crippen molar-refractivity contribution < 1.29 is 8.42 Å². The number of nitrogens with zero attached hydrogens (tertiary/aromatic N) is 4. The van der Waals surface area contributed by atoms with E-state index in [4.69, 9.17) is 0 Å². The summed E-state index contributed by atoms with van der Waals surface area (Å²) in [4.78, 5) is 18.3. The summed E-state index contributed by atoms with van der Waals surface area (Å²) >= 11 is 3.48. The normalized spacial score (nSPS) is 12.2. The summed E-state index contributed by atoms with van der Waals surface area (Å²) in [7, 11) is -4.23. The maximum atomic E-state index is 13.9. The minimum atomic E-state index is -4.23. The third-order valence-corrected chi connectivity index (χ3v) is 8.47. The van der Waals surface area contributed by atoms with Gasteiger partial charge in [-0.1, -0.05) is 45.8 Å². The molecule has 0 aliphatic carbocycles. The average molecular weight is 561 g/mol. The second-order valence-corrected chi connectivity index (χ2v) is 11.8. The third-order valence-electron chi connectivity index (χ3n) is 6.28. The number of nitriles is 1. The number of benzene rings is 3. The largest absolute Gasteiger partial charge is 0.348 e. The molecule has 36 heavy (non-hydrogen) atoms. The number of fused-ring (bicyclic) bond motifs is 3. The lowest BCUT2D eigenvalue weighted by molar-refractivity contribution is 0.586. The van der Waals surface area contributed by atoms with Crippen molar-refractivity contribution in [1.29, 1.82) is 5.26 Å². The van der Waals surface area contributed by atoms with Crippen LogP contribution in [0, 0.1) is 18.3 Å². The Morgan fingerprint density at radius 2 is 1.67 bits per heavy atom. The van der Waals surface area contributed by atoms with E-state index in [1.807, 2.05) is 32.9 Å². The first-order valence-electron chi connectivity index (χ1n) is 11.1. The van der Waals surface area contributed by atoms with Gasteiger partial charge in [0.05, 0.1) is 39.3 Å². The summed E-state index contributed by atoms with van der Waals surface area (Å²) in [6, 6.07) is 21.1. The van der Waals surface area contributed by atoms with E-state index in [-0.39, 0.29) is 10.4 Å². The lowest BCUT2D eigenvalue weighted by Gasteiger charge is -2.16. The molecule has 0 spiro atoms. The number of pyridine rings is 1. The molecule has 180 valence electrons. The molecule has 2 aromatic heterocycles. The van der Waals surface area contributed by atoms with Gasteiger partial charge < -0.3 is 0 Å². The van der Waals surface area contributed by atoms with E-state index in [0.29, 0.717) is 22.1 Å².